The van der Waals surface area contributed by atoms with Gasteiger partial charge in [-0.2, -0.15) is 0 Å². The Hall–Kier alpha value is -1.41. The molecule has 0 bridgehead atoms. The second kappa shape index (κ2) is 4.62. The highest BCUT2D eigenvalue weighted by molar-refractivity contribution is 6.30. The minimum absolute atomic E-state index is 0.302. The molecule has 0 unspecified atom stereocenters. The fourth-order valence-corrected chi connectivity index (χ4v) is 1.84. The normalized spacial score (nSPS) is 16.7. The third kappa shape index (κ3) is 2.39. The van der Waals surface area contributed by atoms with Gasteiger partial charge in [-0.25, -0.2) is 0 Å². The van der Waals surface area contributed by atoms with Crippen molar-refractivity contribution in [3.8, 4) is 0 Å². The van der Waals surface area contributed by atoms with Crippen LogP contribution in [-0.2, 0) is 0 Å². The summed E-state index contributed by atoms with van der Waals surface area (Å²) in [5, 5.41) is 0.772. The molecule has 1 aromatic rings. The van der Waals surface area contributed by atoms with Crippen LogP contribution in [0.5, 0.6) is 0 Å². The van der Waals surface area contributed by atoms with Crippen LogP contribution in [0.4, 0.5) is 0 Å². The number of rotatable bonds is 2. The van der Waals surface area contributed by atoms with Gasteiger partial charge in [0.1, 0.15) is 6.17 Å². The van der Waals surface area contributed by atoms with Crippen LogP contribution in [0, 0.1) is 0 Å². The van der Waals surface area contributed by atoms with Gasteiger partial charge in [0.25, 0.3) is 0 Å². The molecular weight excluding hydrogens is 220 g/mol. The molecule has 1 aliphatic rings. The van der Waals surface area contributed by atoms with Gasteiger partial charge in [0.05, 0.1) is 0 Å². The number of halogens is 1. The first-order valence-electron chi connectivity index (χ1n) is 5.23. The fraction of sp³-hybridized carbons (Fsp3) is 0.231. The second-order valence-electron chi connectivity index (χ2n) is 3.95. The van der Waals surface area contributed by atoms with E-state index >= 15 is 0 Å². The molecule has 2 rings (SSSR count). The summed E-state index contributed by atoms with van der Waals surface area (Å²) in [5.74, 6) is 0. The van der Waals surface area contributed by atoms with Gasteiger partial charge in [0, 0.05) is 31.5 Å². The van der Waals surface area contributed by atoms with Crippen LogP contribution in [0.25, 0.3) is 6.08 Å². The Kier molecular flexibility index (Phi) is 3.20. The molecule has 0 atom stereocenters. The Balaban J connectivity index is 2.07. The summed E-state index contributed by atoms with van der Waals surface area (Å²) in [6.45, 7) is 0. The number of nitrogens with zero attached hydrogens (tertiary/aromatic N) is 2. The molecule has 1 aromatic carbocycles. The Morgan fingerprint density at radius 3 is 2.19 bits per heavy atom. The molecule has 0 radical (unpaired) electrons. The summed E-state index contributed by atoms with van der Waals surface area (Å²) < 4.78 is 0. The molecule has 0 aromatic heterocycles. The molecule has 3 heteroatoms. The fourth-order valence-electron chi connectivity index (χ4n) is 1.72. The van der Waals surface area contributed by atoms with E-state index in [9.17, 15) is 0 Å². The van der Waals surface area contributed by atoms with Gasteiger partial charge in [-0.05, 0) is 23.8 Å². The lowest BCUT2D eigenvalue weighted by Crippen LogP contribution is -2.31. The maximum Gasteiger partial charge on any atom is 0.120 e. The van der Waals surface area contributed by atoms with Crippen molar-refractivity contribution >= 4 is 17.7 Å². The highest BCUT2D eigenvalue weighted by atomic mass is 35.5. The van der Waals surface area contributed by atoms with Gasteiger partial charge < -0.3 is 9.80 Å². The summed E-state index contributed by atoms with van der Waals surface area (Å²) in [6, 6.07) is 7.84. The van der Waals surface area contributed by atoms with Crippen LogP contribution in [0.15, 0.2) is 42.7 Å². The summed E-state index contributed by atoms with van der Waals surface area (Å²) in [7, 11) is 4.13. The Morgan fingerprint density at radius 1 is 1.06 bits per heavy atom. The van der Waals surface area contributed by atoms with Crippen molar-refractivity contribution in [2.24, 2.45) is 0 Å². The van der Waals surface area contributed by atoms with Crippen molar-refractivity contribution in [1.82, 2.24) is 9.80 Å². The summed E-state index contributed by atoms with van der Waals surface area (Å²) >= 11 is 5.83. The minimum Gasteiger partial charge on any atom is -0.356 e. The number of benzene rings is 1. The Bertz CT molecular complexity index is 396. The van der Waals surface area contributed by atoms with E-state index in [1.165, 1.54) is 0 Å². The lowest BCUT2D eigenvalue weighted by Gasteiger charge is -2.24. The lowest BCUT2D eigenvalue weighted by molar-refractivity contribution is 0.258. The number of likely N-dealkylation sites (N-methyl/N-ethyl adjacent to an activating group) is 2. The molecule has 16 heavy (non-hydrogen) atoms. The predicted molar refractivity (Wildman–Crippen MR) is 68.9 cm³/mol. The van der Waals surface area contributed by atoms with Crippen LogP contribution in [-0.4, -0.2) is 30.1 Å². The maximum atomic E-state index is 5.83. The van der Waals surface area contributed by atoms with E-state index in [2.05, 4.69) is 48.4 Å². The quantitative estimate of drug-likeness (QED) is 0.776. The Labute approximate surface area is 101 Å². The van der Waals surface area contributed by atoms with Crippen molar-refractivity contribution in [2.45, 2.75) is 6.17 Å². The van der Waals surface area contributed by atoms with Gasteiger partial charge in [-0.15, -0.1) is 0 Å². The van der Waals surface area contributed by atoms with Gasteiger partial charge in [-0.1, -0.05) is 29.8 Å². The van der Waals surface area contributed by atoms with Crippen LogP contribution >= 0.6 is 11.6 Å². The van der Waals surface area contributed by atoms with Gasteiger partial charge in [0.15, 0.2) is 0 Å². The monoisotopic (exact) mass is 234 g/mol. The Morgan fingerprint density at radius 2 is 1.62 bits per heavy atom. The molecule has 0 amide bonds. The first-order valence-corrected chi connectivity index (χ1v) is 5.60. The highest BCUT2D eigenvalue weighted by Gasteiger charge is 2.16. The zero-order valence-electron chi connectivity index (χ0n) is 9.47. The zero-order valence-corrected chi connectivity index (χ0v) is 10.2. The molecular formula is C13H15ClN2. The minimum atomic E-state index is 0.302. The molecule has 2 nitrogen and oxygen atoms in total. The predicted octanol–water partition coefficient (Wildman–Crippen LogP) is 3.03. The van der Waals surface area contributed by atoms with Crippen molar-refractivity contribution in [1.29, 1.82) is 0 Å². The summed E-state index contributed by atoms with van der Waals surface area (Å²) in [5.41, 5.74) is 1.16. The SMILES string of the molecule is CN1C=CN(C)C1/C=C/c1ccc(Cl)cc1. The average molecular weight is 235 g/mol. The van der Waals surface area contributed by atoms with Gasteiger partial charge >= 0.3 is 0 Å². The molecule has 1 aliphatic heterocycles. The van der Waals surface area contributed by atoms with E-state index in [0.29, 0.717) is 6.17 Å². The maximum absolute atomic E-state index is 5.83. The largest absolute Gasteiger partial charge is 0.356 e. The van der Waals surface area contributed by atoms with E-state index in [-0.39, 0.29) is 0 Å². The molecule has 0 aliphatic carbocycles. The van der Waals surface area contributed by atoms with Crippen molar-refractivity contribution < 1.29 is 0 Å². The van der Waals surface area contributed by atoms with E-state index in [0.717, 1.165) is 10.6 Å². The van der Waals surface area contributed by atoms with E-state index in [1.54, 1.807) is 0 Å². The lowest BCUT2D eigenvalue weighted by atomic mass is 10.2. The van der Waals surface area contributed by atoms with Crippen molar-refractivity contribution in [2.75, 3.05) is 14.1 Å². The van der Waals surface area contributed by atoms with Crippen molar-refractivity contribution in [3.63, 3.8) is 0 Å². The zero-order chi connectivity index (χ0) is 11.5. The molecule has 0 spiro atoms. The molecule has 84 valence electrons. The second-order valence-corrected chi connectivity index (χ2v) is 4.39. The molecule has 0 saturated heterocycles. The van der Waals surface area contributed by atoms with Crippen LogP contribution in [0.1, 0.15) is 5.56 Å². The molecule has 0 N–H and O–H groups in total. The van der Waals surface area contributed by atoms with E-state index < -0.39 is 0 Å². The first kappa shape index (κ1) is 11.1. The molecule has 0 fully saturated rings. The summed E-state index contributed by atoms with van der Waals surface area (Å²) in [4.78, 5) is 4.32. The van der Waals surface area contributed by atoms with Gasteiger partial charge in [0.2, 0.25) is 0 Å². The number of hydrogen-bond acceptors (Lipinski definition) is 2. The van der Waals surface area contributed by atoms with Crippen LogP contribution in [0.3, 0.4) is 0 Å². The third-order valence-corrected chi connectivity index (χ3v) is 2.95. The smallest absolute Gasteiger partial charge is 0.120 e. The van der Waals surface area contributed by atoms with Crippen LogP contribution < -0.4 is 0 Å². The average Bonchev–Trinajstić information content (AvgIpc) is 2.59. The molecule has 1 heterocycles. The standard InChI is InChI=1S/C13H15ClN2/c1-15-9-10-16(2)13(15)8-5-11-3-6-12(14)7-4-11/h3-10,13H,1-2H3/b8-5+. The van der Waals surface area contributed by atoms with Crippen molar-refractivity contribution in [3.05, 3.63) is 53.3 Å². The first-order chi connectivity index (χ1) is 7.66. The highest BCUT2D eigenvalue weighted by Crippen LogP contribution is 2.15. The van der Waals surface area contributed by atoms with E-state index in [4.69, 9.17) is 11.6 Å². The van der Waals surface area contributed by atoms with Crippen LogP contribution in [0.2, 0.25) is 5.02 Å². The molecule has 0 saturated carbocycles. The topological polar surface area (TPSA) is 6.48 Å². The third-order valence-electron chi connectivity index (χ3n) is 2.70. The van der Waals surface area contributed by atoms with Gasteiger partial charge in [-0.3, -0.25) is 0 Å². The summed E-state index contributed by atoms with van der Waals surface area (Å²) in [6.07, 6.45) is 8.72. The van der Waals surface area contributed by atoms with E-state index in [1.807, 2.05) is 24.3 Å². The number of hydrogen-bond donors (Lipinski definition) is 0.